The summed E-state index contributed by atoms with van der Waals surface area (Å²) in [6.07, 6.45) is -0.120. The number of carbonyl (C=O) groups is 3. The van der Waals surface area contributed by atoms with Crippen LogP contribution in [0.25, 0.3) is 0 Å². The van der Waals surface area contributed by atoms with Crippen LogP contribution in [0.15, 0.2) is 78.9 Å². The van der Waals surface area contributed by atoms with Crippen molar-refractivity contribution < 1.29 is 19.1 Å². The molecule has 1 aliphatic rings. The lowest BCUT2D eigenvalue weighted by Gasteiger charge is -2.24. The summed E-state index contributed by atoms with van der Waals surface area (Å²) in [7, 11) is 1.30. The smallest absolute Gasteiger partial charge is 0.337 e. The zero-order valence-corrected chi connectivity index (χ0v) is 20.4. The highest BCUT2D eigenvalue weighted by molar-refractivity contribution is 7.80. The lowest BCUT2D eigenvalue weighted by molar-refractivity contribution is -0.124. The summed E-state index contributed by atoms with van der Waals surface area (Å²) in [6, 6.07) is 21.9. The van der Waals surface area contributed by atoms with Gasteiger partial charge in [0.25, 0.3) is 5.91 Å². The van der Waals surface area contributed by atoms with E-state index in [1.807, 2.05) is 36.4 Å². The van der Waals surface area contributed by atoms with Crippen molar-refractivity contribution >= 4 is 58.1 Å². The van der Waals surface area contributed by atoms with Gasteiger partial charge in [-0.25, -0.2) is 4.79 Å². The molecule has 1 aliphatic heterocycles. The molecular weight excluding hydrogens is 486 g/mol. The first-order valence-electron chi connectivity index (χ1n) is 10.8. The molecule has 9 heteroatoms. The molecule has 2 amide bonds. The first-order valence-corrected chi connectivity index (χ1v) is 11.6. The molecule has 4 rings (SSSR count). The predicted octanol–water partition coefficient (Wildman–Crippen LogP) is 4.66. The highest BCUT2D eigenvalue weighted by atomic mass is 35.5. The van der Waals surface area contributed by atoms with Crippen molar-refractivity contribution in [2.24, 2.45) is 0 Å². The third kappa shape index (κ3) is 5.34. The molecule has 1 saturated heterocycles. The lowest BCUT2D eigenvalue weighted by atomic mass is 10.1. The number of thiocarbonyl (C=S) groups is 1. The third-order valence-corrected chi connectivity index (χ3v) is 6.39. The fraction of sp³-hybridized carbons (Fsp3) is 0.154. The van der Waals surface area contributed by atoms with Gasteiger partial charge >= 0.3 is 5.97 Å². The molecule has 0 spiro atoms. The van der Waals surface area contributed by atoms with Gasteiger partial charge in [-0.2, -0.15) is 0 Å². The molecule has 0 unspecified atom stereocenters. The first-order chi connectivity index (χ1) is 16.9. The number of benzene rings is 3. The quantitative estimate of drug-likeness (QED) is 0.370. The van der Waals surface area contributed by atoms with E-state index in [0.29, 0.717) is 27.1 Å². The maximum absolute atomic E-state index is 13.5. The number of halogens is 1. The van der Waals surface area contributed by atoms with Crippen molar-refractivity contribution in [2.45, 2.75) is 19.0 Å². The topological polar surface area (TPSA) is 78.9 Å². The van der Waals surface area contributed by atoms with E-state index in [1.165, 1.54) is 12.0 Å². The summed E-state index contributed by atoms with van der Waals surface area (Å²) >= 11 is 12.1. The standard InChI is InChI=1S/C26H22ClN3O4S/c1-34-25(33)17-11-13-19(14-12-17)28-23(31)15-22-24(32)30(20-8-3-2-4-9-20)26(35)29(22)16-18-7-5-6-10-21(18)27/h2-14,22H,15-16H2,1H3,(H,28,31)/t22-/m1/s1. The van der Waals surface area contributed by atoms with Gasteiger partial charge in [0.05, 0.1) is 24.8 Å². The van der Waals surface area contributed by atoms with E-state index in [-0.39, 0.29) is 24.8 Å². The molecule has 7 nitrogen and oxygen atoms in total. The van der Waals surface area contributed by atoms with Gasteiger partial charge in [0.15, 0.2) is 5.11 Å². The molecule has 0 bridgehead atoms. The van der Waals surface area contributed by atoms with Crippen LogP contribution < -0.4 is 10.2 Å². The van der Waals surface area contributed by atoms with Crippen LogP contribution in [0.4, 0.5) is 11.4 Å². The molecule has 3 aromatic rings. The Morgan fingerprint density at radius 2 is 1.66 bits per heavy atom. The van der Waals surface area contributed by atoms with E-state index in [2.05, 4.69) is 10.1 Å². The Morgan fingerprint density at radius 3 is 2.31 bits per heavy atom. The number of carbonyl (C=O) groups excluding carboxylic acids is 3. The maximum Gasteiger partial charge on any atom is 0.337 e. The number of amides is 2. The Kier molecular flexibility index (Phi) is 7.43. The van der Waals surface area contributed by atoms with E-state index < -0.39 is 12.0 Å². The molecule has 1 fully saturated rings. The van der Waals surface area contributed by atoms with Gasteiger partial charge < -0.3 is 15.0 Å². The number of hydrogen-bond acceptors (Lipinski definition) is 5. The van der Waals surface area contributed by atoms with Crippen LogP contribution in [0.1, 0.15) is 22.3 Å². The zero-order valence-electron chi connectivity index (χ0n) is 18.8. The van der Waals surface area contributed by atoms with Gasteiger partial charge in [0.1, 0.15) is 6.04 Å². The van der Waals surface area contributed by atoms with Crippen LogP contribution in [0.3, 0.4) is 0 Å². The van der Waals surface area contributed by atoms with E-state index >= 15 is 0 Å². The minimum atomic E-state index is -0.812. The number of nitrogens with zero attached hydrogens (tertiary/aromatic N) is 2. The van der Waals surface area contributed by atoms with Crippen LogP contribution in [0.2, 0.25) is 5.02 Å². The van der Waals surface area contributed by atoms with Gasteiger partial charge in [0, 0.05) is 17.3 Å². The molecular formula is C26H22ClN3O4S. The van der Waals surface area contributed by atoms with Gasteiger partial charge in [-0.3, -0.25) is 14.5 Å². The van der Waals surface area contributed by atoms with Gasteiger partial charge in [-0.05, 0) is 60.2 Å². The minimum Gasteiger partial charge on any atom is -0.465 e. The summed E-state index contributed by atoms with van der Waals surface area (Å²) in [4.78, 5) is 41.2. The van der Waals surface area contributed by atoms with E-state index in [0.717, 1.165) is 5.56 Å². The molecule has 1 atom stereocenters. The molecule has 0 saturated carbocycles. The molecule has 0 radical (unpaired) electrons. The normalized spacial score (nSPS) is 15.3. The molecule has 0 aliphatic carbocycles. The number of para-hydroxylation sites is 1. The van der Waals surface area contributed by atoms with Crippen molar-refractivity contribution in [3.63, 3.8) is 0 Å². The summed E-state index contributed by atoms with van der Waals surface area (Å²) < 4.78 is 4.69. The molecule has 35 heavy (non-hydrogen) atoms. The maximum atomic E-state index is 13.5. The highest BCUT2D eigenvalue weighted by Gasteiger charge is 2.44. The SMILES string of the molecule is COC(=O)c1ccc(NC(=O)C[C@@H]2C(=O)N(c3ccccc3)C(=S)N2Cc2ccccc2Cl)cc1. The van der Waals surface area contributed by atoms with Crippen molar-refractivity contribution in [1.29, 1.82) is 0 Å². The Labute approximate surface area is 213 Å². The summed E-state index contributed by atoms with van der Waals surface area (Å²) in [5.74, 6) is -1.12. The van der Waals surface area contributed by atoms with Gasteiger partial charge in [-0.1, -0.05) is 48.0 Å². The van der Waals surface area contributed by atoms with Crippen molar-refractivity contribution in [2.75, 3.05) is 17.3 Å². The summed E-state index contributed by atoms with van der Waals surface area (Å²) in [5, 5.41) is 3.64. The number of esters is 1. The number of ether oxygens (including phenoxy) is 1. The fourth-order valence-corrected chi connectivity index (χ4v) is 4.42. The minimum absolute atomic E-state index is 0.120. The van der Waals surface area contributed by atoms with Crippen LogP contribution in [0.5, 0.6) is 0 Å². The molecule has 3 aromatic carbocycles. The van der Waals surface area contributed by atoms with Gasteiger partial charge in [-0.15, -0.1) is 0 Å². The van der Waals surface area contributed by atoms with Crippen LogP contribution in [-0.2, 0) is 20.9 Å². The van der Waals surface area contributed by atoms with E-state index in [1.54, 1.807) is 47.4 Å². The second-order valence-electron chi connectivity index (χ2n) is 7.85. The molecule has 178 valence electrons. The third-order valence-electron chi connectivity index (χ3n) is 5.60. The van der Waals surface area contributed by atoms with E-state index in [9.17, 15) is 14.4 Å². The van der Waals surface area contributed by atoms with E-state index in [4.69, 9.17) is 23.8 Å². The second kappa shape index (κ2) is 10.7. The molecule has 0 aromatic heterocycles. The first kappa shape index (κ1) is 24.4. The number of nitrogens with one attached hydrogen (secondary N) is 1. The number of anilines is 2. The Bertz CT molecular complexity index is 1270. The van der Waals surface area contributed by atoms with Crippen LogP contribution >= 0.6 is 23.8 Å². The average Bonchev–Trinajstić information content (AvgIpc) is 3.09. The van der Waals surface area contributed by atoms with Crippen LogP contribution in [0, 0.1) is 0 Å². The monoisotopic (exact) mass is 507 g/mol. The Hall–Kier alpha value is -3.75. The molecule has 1 N–H and O–H groups in total. The largest absolute Gasteiger partial charge is 0.465 e. The van der Waals surface area contributed by atoms with Crippen molar-refractivity contribution in [1.82, 2.24) is 4.90 Å². The Morgan fingerprint density at radius 1 is 1.00 bits per heavy atom. The molecule has 1 heterocycles. The number of rotatable bonds is 7. The second-order valence-corrected chi connectivity index (χ2v) is 8.62. The number of methoxy groups -OCH3 is 1. The highest BCUT2D eigenvalue weighted by Crippen LogP contribution is 2.30. The summed E-state index contributed by atoms with van der Waals surface area (Å²) in [5.41, 5.74) is 2.29. The Balaban J connectivity index is 1.56. The predicted molar refractivity (Wildman–Crippen MR) is 138 cm³/mol. The summed E-state index contributed by atoms with van der Waals surface area (Å²) in [6.45, 7) is 0.277. The zero-order chi connectivity index (χ0) is 24.9. The lowest BCUT2D eigenvalue weighted by Crippen LogP contribution is -2.37. The van der Waals surface area contributed by atoms with Crippen LogP contribution in [-0.4, -0.2) is 40.9 Å². The number of hydrogen-bond donors (Lipinski definition) is 1. The average molecular weight is 508 g/mol. The van der Waals surface area contributed by atoms with Crippen molar-refractivity contribution in [3.8, 4) is 0 Å². The van der Waals surface area contributed by atoms with Crippen molar-refractivity contribution in [3.05, 3.63) is 95.0 Å². The fourth-order valence-electron chi connectivity index (χ4n) is 3.83. The van der Waals surface area contributed by atoms with Gasteiger partial charge in [0.2, 0.25) is 5.91 Å².